The number of carbonyl (C=O) groups excluding carboxylic acids is 2. The number of ketones is 1. The zero-order valence-corrected chi connectivity index (χ0v) is 21.0. The van der Waals surface area contributed by atoms with E-state index in [-0.39, 0.29) is 41.9 Å². The van der Waals surface area contributed by atoms with Crippen LogP contribution in [0, 0.1) is 10.6 Å². The molecular formula is C26H27N6O4S-. The molecule has 3 aromatic rings. The van der Waals surface area contributed by atoms with Crippen LogP contribution in [0.15, 0.2) is 83.0 Å². The minimum Gasteiger partial charge on any atom is -0.792 e. The van der Waals surface area contributed by atoms with E-state index in [0.717, 1.165) is 5.56 Å². The second kappa shape index (κ2) is 13.7. The van der Waals surface area contributed by atoms with Crippen LogP contribution in [-0.4, -0.2) is 51.5 Å². The Balaban J connectivity index is 1.72. The largest absolute Gasteiger partial charge is 0.792 e. The fraction of sp³-hybridized carbons (Fsp3) is 0.231. The van der Waals surface area contributed by atoms with Gasteiger partial charge >= 0.3 is 0 Å². The van der Waals surface area contributed by atoms with E-state index >= 15 is 0 Å². The van der Waals surface area contributed by atoms with Crippen molar-refractivity contribution in [3.8, 4) is 0 Å². The third-order valence-corrected chi connectivity index (χ3v) is 6.37. The van der Waals surface area contributed by atoms with Crippen molar-refractivity contribution in [3.05, 3.63) is 99.7 Å². The van der Waals surface area contributed by atoms with E-state index < -0.39 is 17.5 Å². The highest BCUT2D eigenvalue weighted by Crippen LogP contribution is 2.17. The number of hydrogen-bond acceptors (Lipinski definition) is 9. The second-order valence-electron chi connectivity index (χ2n) is 8.05. The molecule has 0 saturated carbocycles. The third-order valence-electron chi connectivity index (χ3n) is 5.31. The number of hydrogen-bond donors (Lipinski definition) is 3. The normalized spacial score (nSPS) is 12.0. The van der Waals surface area contributed by atoms with Gasteiger partial charge in [-0.05, 0) is 18.1 Å². The maximum atomic E-state index is 13.2. The maximum Gasteiger partial charge on any atom is 0.294 e. The first kappa shape index (κ1) is 27.3. The second-order valence-corrected chi connectivity index (χ2v) is 9.04. The predicted octanol–water partition coefficient (Wildman–Crippen LogP) is 2.84. The molecule has 1 heterocycles. The summed E-state index contributed by atoms with van der Waals surface area (Å²) in [7, 11) is 0. The number of amides is 1. The van der Waals surface area contributed by atoms with Gasteiger partial charge in [0.05, 0.1) is 30.3 Å². The lowest BCUT2D eigenvalue weighted by Gasteiger charge is -2.20. The van der Waals surface area contributed by atoms with Crippen LogP contribution in [-0.2, 0) is 15.3 Å². The number of rotatable bonds is 13. The van der Waals surface area contributed by atoms with E-state index in [1.807, 2.05) is 30.3 Å². The number of aromatic nitrogens is 2. The molecule has 3 N–H and O–H groups in total. The number of carbonyl (C=O) groups is 2. The van der Waals surface area contributed by atoms with Crippen molar-refractivity contribution in [1.82, 2.24) is 14.9 Å². The Kier molecular flexibility index (Phi) is 10.1. The van der Waals surface area contributed by atoms with Crippen molar-refractivity contribution < 1.29 is 9.59 Å². The van der Waals surface area contributed by atoms with Gasteiger partial charge in [0, 0.05) is 18.1 Å². The van der Waals surface area contributed by atoms with E-state index in [1.54, 1.807) is 30.3 Å². The molecule has 0 spiro atoms. The highest BCUT2D eigenvalue weighted by molar-refractivity contribution is 7.99. The Morgan fingerprint density at radius 3 is 2.43 bits per heavy atom. The van der Waals surface area contributed by atoms with E-state index in [1.165, 1.54) is 35.6 Å². The molecule has 0 saturated heterocycles. The Labute approximate surface area is 218 Å². The average Bonchev–Trinajstić information content (AvgIpc) is 2.91. The molecule has 37 heavy (non-hydrogen) atoms. The molecule has 3 rings (SSSR count). The fourth-order valence-electron chi connectivity index (χ4n) is 3.41. The van der Waals surface area contributed by atoms with Crippen LogP contribution in [0.1, 0.15) is 24.1 Å². The lowest BCUT2D eigenvalue weighted by molar-refractivity contribution is -0.126. The third kappa shape index (κ3) is 7.87. The minimum atomic E-state index is -1.06. The quantitative estimate of drug-likeness (QED) is 0.232. The molecule has 192 valence electrons. The zero-order valence-electron chi connectivity index (χ0n) is 20.2. The van der Waals surface area contributed by atoms with Crippen molar-refractivity contribution in [2.45, 2.75) is 18.7 Å². The summed E-state index contributed by atoms with van der Waals surface area (Å²) < 4.78 is 1.21. The summed E-state index contributed by atoms with van der Waals surface area (Å²) in [6.07, 6.45) is 2.73. The van der Waals surface area contributed by atoms with Crippen LogP contribution < -0.4 is 16.2 Å². The molecule has 0 aliphatic carbocycles. The Morgan fingerprint density at radius 2 is 1.78 bits per heavy atom. The number of benzene rings is 2. The average molecular weight is 520 g/mol. The van der Waals surface area contributed by atoms with E-state index in [9.17, 15) is 19.6 Å². The van der Waals surface area contributed by atoms with Crippen molar-refractivity contribution >= 4 is 40.7 Å². The van der Waals surface area contributed by atoms with E-state index in [2.05, 4.69) is 20.8 Å². The Morgan fingerprint density at radius 1 is 1.11 bits per heavy atom. The minimum absolute atomic E-state index is 0.0353. The standard InChI is InChI=1S/C26H28N6O4S/c1-18(27)22(31-36)15-29-24-26(35)32(13-12-28-24)23(20-10-6-3-7-11-20)25(34)30-14-21(33)17-37-16-19-8-4-2-5-9-19/h2-13,23,27,36H,14-17H2,1H3,(H,28,29)(H,30,34)/p-1/b27-18?,31-22-. The summed E-state index contributed by atoms with van der Waals surface area (Å²) in [6, 6.07) is 17.4. The van der Waals surface area contributed by atoms with Crippen LogP contribution in [0.25, 0.3) is 0 Å². The summed E-state index contributed by atoms with van der Waals surface area (Å²) in [4.78, 5) is 42.9. The Hall–Kier alpha value is -4.25. The molecule has 1 aromatic heterocycles. The van der Waals surface area contributed by atoms with E-state index in [4.69, 9.17) is 5.41 Å². The number of nitrogens with zero attached hydrogens (tertiary/aromatic N) is 3. The molecule has 1 atom stereocenters. The van der Waals surface area contributed by atoms with Crippen molar-refractivity contribution in [2.75, 3.05) is 24.2 Å². The summed E-state index contributed by atoms with van der Waals surface area (Å²) >= 11 is 1.46. The molecule has 0 fully saturated rings. The molecule has 0 aliphatic rings. The van der Waals surface area contributed by atoms with Gasteiger partial charge in [-0.2, -0.15) is 0 Å². The van der Waals surface area contributed by atoms with Crippen LogP contribution in [0.5, 0.6) is 0 Å². The SMILES string of the molecule is CC(=N)/C(CNc1nccn(C(C(=O)NCC(=O)CSCc2ccccc2)c2ccccc2)c1=O)=N\[O-]. The molecule has 0 bridgehead atoms. The highest BCUT2D eigenvalue weighted by Gasteiger charge is 2.25. The molecule has 0 aliphatic heterocycles. The van der Waals surface area contributed by atoms with Gasteiger partial charge in [0.25, 0.3) is 5.56 Å². The molecule has 10 nitrogen and oxygen atoms in total. The van der Waals surface area contributed by atoms with Gasteiger partial charge in [-0.25, -0.2) is 4.98 Å². The van der Waals surface area contributed by atoms with E-state index in [0.29, 0.717) is 11.3 Å². The first-order chi connectivity index (χ1) is 17.9. The monoisotopic (exact) mass is 519 g/mol. The summed E-state index contributed by atoms with van der Waals surface area (Å²) in [6.45, 7) is 1.08. The van der Waals surface area contributed by atoms with Gasteiger partial charge in [0.1, 0.15) is 6.04 Å². The zero-order chi connectivity index (χ0) is 26.6. The predicted molar refractivity (Wildman–Crippen MR) is 146 cm³/mol. The molecule has 11 heteroatoms. The first-order valence-electron chi connectivity index (χ1n) is 11.4. The van der Waals surface area contributed by atoms with Crippen LogP contribution >= 0.6 is 11.8 Å². The van der Waals surface area contributed by atoms with Gasteiger partial charge in [-0.3, -0.25) is 19.0 Å². The molecule has 1 amide bonds. The lowest BCUT2D eigenvalue weighted by Crippen LogP contribution is -2.41. The number of anilines is 1. The topological polar surface area (TPSA) is 152 Å². The first-order valence-corrected chi connectivity index (χ1v) is 12.6. The Bertz CT molecular complexity index is 1310. The van der Waals surface area contributed by atoms with Gasteiger partial charge < -0.3 is 26.4 Å². The van der Waals surface area contributed by atoms with Gasteiger partial charge in [0.2, 0.25) is 5.91 Å². The van der Waals surface area contributed by atoms with Crippen LogP contribution in [0.3, 0.4) is 0 Å². The number of Topliss-reactive ketones (excluding diaryl/α,β-unsaturated/α-hetero) is 1. The van der Waals surface area contributed by atoms with Crippen LogP contribution in [0.4, 0.5) is 5.82 Å². The molecular weight excluding hydrogens is 492 g/mol. The smallest absolute Gasteiger partial charge is 0.294 e. The van der Waals surface area contributed by atoms with Crippen molar-refractivity contribution in [3.63, 3.8) is 0 Å². The van der Waals surface area contributed by atoms with Gasteiger partial charge in [-0.15, -0.1) is 11.8 Å². The van der Waals surface area contributed by atoms with Crippen molar-refractivity contribution in [2.24, 2.45) is 5.16 Å². The number of thioether (sulfide) groups is 1. The fourth-order valence-corrected chi connectivity index (χ4v) is 4.27. The molecule has 0 radical (unpaired) electrons. The summed E-state index contributed by atoms with van der Waals surface area (Å²) in [5.41, 5.74) is 0.940. The maximum absolute atomic E-state index is 13.2. The van der Waals surface area contributed by atoms with Gasteiger partial charge in [0.15, 0.2) is 11.6 Å². The number of nitrogens with one attached hydrogen (secondary N) is 3. The van der Waals surface area contributed by atoms with Gasteiger partial charge in [-0.1, -0.05) is 60.7 Å². The molecule has 2 aromatic carbocycles. The highest BCUT2D eigenvalue weighted by atomic mass is 32.2. The molecule has 1 unspecified atom stereocenters. The summed E-state index contributed by atoms with van der Waals surface area (Å²) in [5, 5.41) is 26.6. The van der Waals surface area contributed by atoms with Crippen molar-refractivity contribution in [1.29, 1.82) is 5.41 Å². The van der Waals surface area contributed by atoms with Crippen LogP contribution in [0.2, 0.25) is 0 Å². The summed E-state index contributed by atoms with van der Waals surface area (Å²) in [5.74, 6) is 0.156. The lowest BCUT2D eigenvalue weighted by atomic mass is 10.1.